The van der Waals surface area contributed by atoms with Gasteiger partial charge in [-0.1, -0.05) is 29.4 Å². The van der Waals surface area contributed by atoms with Crippen LogP contribution in [0.1, 0.15) is 6.92 Å². The van der Waals surface area contributed by atoms with Gasteiger partial charge in [-0.3, -0.25) is 4.79 Å². The molecule has 0 aliphatic rings. The van der Waals surface area contributed by atoms with Gasteiger partial charge in [0.15, 0.2) is 11.6 Å². The van der Waals surface area contributed by atoms with Crippen LogP contribution in [0, 0.1) is 11.6 Å². The van der Waals surface area contributed by atoms with Gasteiger partial charge < -0.3 is 9.73 Å². The molecule has 5 nitrogen and oxygen atoms in total. The summed E-state index contributed by atoms with van der Waals surface area (Å²) in [5.74, 6) is -2.15. The van der Waals surface area contributed by atoms with E-state index in [2.05, 4.69) is 15.5 Å². The Balaban J connectivity index is 1.65. The number of amides is 1. The lowest BCUT2D eigenvalue weighted by Gasteiger charge is -2.10. The molecule has 0 aliphatic carbocycles. The number of hydrogen-bond acceptors (Lipinski definition) is 5. The minimum Gasteiger partial charge on any atom is -0.411 e. The third kappa shape index (κ3) is 4.39. The zero-order valence-electron chi connectivity index (χ0n) is 13.4. The number of nitrogens with zero attached hydrogens (tertiary/aromatic N) is 2. The van der Waals surface area contributed by atoms with Gasteiger partial charge in [-0.15, -0.1) is 10.2 Å². The lowest BCUT2D eigenvalue weighted by Crippen LogP contribution is -2.22. The van der Waals surface area contributed by atoms with Crippen molar-refractivity contribution in [3.63, 3.8) is 0 Å². The predicted octanol–water partition coefficient (Wildman–Crippen LogP) is 4.79. The number of benzene rings is 2. The maximum absolute atomic E-state index is 13.2. The Hall–Kier alpha value is -2.45. The number of thioether (sulfide) groups is 1. The summed E-state index contributed by atoms with van der Waals surface area (Å²) in [6.45, 7) is 1.63. The third-order valence-electron chi connectivity index (χ3n) is 3.31. The number of aromatic nitrogens is 2. The minimum absolute atomic E-state index is 0.159. The van der Waals surface area contributed by atoms with Gasteiger partial charge in [0.25, 0.3) is 5.22 Å². The molecule has 0 radical (unpaired) electrons. The van der Waals surface area contributed by atoms with Crippen molar-refractivity contribution in [1.29, 1.82) is 0 Å². The highest BCUT2D eigenvalue weighted by molar-refractivity contribution is 8.00. The molecule has 0 saturated heterocycles. The molecule has 0 fully saturated rings. The van der Waals surface area contributed by atoms with E-state index in [-0.39, 0.29) is 16.8 Å². The summed E-state index contributed by atoms with van der Waals surface area (Å²) in [5.41, 5.74) is 0.822. The summed E-state index contributed by atoms with van der Waals surface area (Å²) >= 11 is 6.97. The molecule has 1 amide bonds. The second-order valence-electron chi connectivity index (χ2n) is 5.26. The molecule has 3 aromatic rings. The molecule has 0 aliphatic heterocycles. The van der Waals surface area contributed by atoms with Crippen LogP contribution in [0.4, 0.5) is 14.5 Å². The van der Waals surface area contributed by atoms with Crippen molar-refractivity contribution in [2.45, 2.75) is 17.4 Å². The average molecular weight is 396 g/mol. The van der Waals surface area contributed by atoms with Crippen LogP contribution in [0.3, 0.4) is 0 Å². The summed E-state index contributed by atoms with van der Waals surface area (Å²) in [6, 6.07) is 10.1. The number of anilines is 1. The Labute approximate surface area is 156 Å². The van der Waals surface area contributed by atoms with Crippen LogP contribution in [0.5, 0.6) is 0 Å². The summed E-state index contributed by atoms with van der Waals surface area (Å²) in [5, 5.41) is 10.5. The van der Waals surface area contributed by atoms with E-state index in [1.807, 2.05) is 0 Å². The molecule has 1 heterocycles. The van der Waals surface area contributed by atoms with Crippen molar-refractivity contribution in [2.75, 3.05) is 5.32 Å². The number of carbonyl (C=O) groups is 1. The van der Waals surface area contributed by atoms with Crippen LogP contribution in [-0.2, 0) is 4.79 Å². The van der Waals surface area contributed by atoms with Crippen LogP contribution in [0.15, 0.2) is 52.1 Å². The largest absolute Gasteiger partial charge is 0.411 e. The SMILES string of the molecule is CC(Sc1nnc(-c2cccc(Cl)c2)o1)C(=O)Nc1ccc(F)c(F)c1. The molecule has 1 aromatic heterocycles. The quantitative estimate of drug-likeness (QED) is 0.629. The van der Waals surface area contributed by atoms with Crippen molar-refractivity contribution in [3.8, 4) is 11.5 Å². The Morgan fingerprint density at radius 2 is 2.00 bits per heavy atom. The summed E-state index contributed by atoms with van der Waals surface area (Å²) < 4.78 is 31.6. The molecule has 1 unspecified atom stereocenters. The number of halogens is 3. The molecule has 1 atom stereocenters. The van der Waals surface area contributed by atoms with Crippen LogP contribution in [-0.4, -0.2) is 21.4 Å². The Bertz CT molecular complexity index is 951. The number of hydrogen-bond donors (Lipinski definition) is 1. The van der Waals surface area contributed by atoms with Gasteiger partial charge in [-0.2, -0.15) is 0 Å². The smallest absolute Gasteiger partial charge is 0.277 e. The maximum Gasteiger partial charge on any atom is 0.277 e. The Kier molecular flexibility index (Phi) is 5.53. The van der Waals surface area contributed by atoms with Gasteiger partial charge in [-0.05, 0) is 37.3 Å². The zero-order chi connectivity index (χ0) is 18.7. The number of nitrogens with one attached hydrogen (secondary N) is 1. The molecule has 3 rings (SSSR count). The topological polar surface area (TPSA) is 68.0 Å². The van der Waals surface area contributed by atoms with Gasteiger partial charge in [-0.25, -0.2) is 8.78 Å². The minimum atomic E-state index is -1.04. The first-order chi connectivity index (χ1) is 12.4. The van der Waals surface area contributed by atoms with E-state index in [9.17, 15) is 13.6 Å². The first kappa shape index (κ1) is 18.3. The summed E-state index contributed by atoms with van der Waals surface area (Å²) in [4.78, 5) is 12.2. The number of rotatable bonds is 5. The molecule has 134 valence electrons. The lowest BCUT2D eigenvalue weighted by atomic mass is 10.2. The van der Waals surface area contributed by atoms with Crippen molar-refractivity contribution < 1.29 is 18.0 Å². The molecular weight excluding hydrogens is 384 g/mol. The second-order valence-corrected chi connectivity index (χ2v) is 6.99. The van der Waals surface area contributed by atoms with Crippen LogP contribution >= 0.6 is 23.4 Å². The zero-order valence-corrected chi connectivity index (χ0v) is 14.9. The van der Waals surface area contributed by atoms with Gasteiger partial charge in [0.1, 0.15) is 0 Å². The Morgan fingerprint density at radius 1 is 1.19 bits per heavy atom. The first-order valence-corrected chi connectivity index (χ1v) is 8.70. The Morgan fingerprint density at radius 3 is 2.73 bits per heavy atom. The van der Waals surface area contributed by atoms with Crippen LogP contribution in [0.25, 0.3) is 11.5 Å². The molecule has 2 aromatic carbocycles. The van der Waals surface area contributed by atoms with E-state index >= 15 is 0 Å². The standard InChI is InChI=1S/C17H12ClF2N3O2S/c1-9(15(24)21-12-5-6-13(19)14(20)8-12)26-17-23-22-16(25-17)10-3-2-4-11(18)7-10/h2-9H,1H3,(H,21,24). The molecule has 1 N–H and O–H groups in total. The van der Waals surface area contributed by atoms with Crippen LogP contribution < -0.4 is 5.32 Å². The molecule has 0 saturated carbocycles. The van der Waals surface area contributed by atoms with E-state index < -0.39 is 22.8 Å². The highest BCUT2D eigenvalue weighted by Crippen LogP contribution is 2.28. The van der Waals surface area contributed by atoms with Crippen LogP contribution in [0.2, 0.25) is 5.02 Å². The normalized spacial score (nSPS) is 12.0. The summed E-state index contributed by atoms with van der Waals surface area (Å²) in [6.07, 6.45) is 0. The lowest BCUT2D eigenvalue weighted by molar-refractivity contribution is -0.115. The van der Waals surface area contributed by atoms with Gasteiger partial charge in [0, 0.05) is 22.3 Å². The molecule has 0 spiro atoms. The fourth-order valence-corrected chi connectivity index (χ4v) is 2.89. The van der Waals surface area contributed by atoms with E-state index in [0.29, 0.717) is 10.6 Å². The van der Waals surface area contributed by atoms with Crippen molar-refractivity contribution in [3.05, 3.63) is 59.1 Å². The van der Waals surface area contributed by atoms with Gasteiger partial charge in [0.2, 0.25) is 11.8 Å². The van der Waals surface area contributed by atoms with Gasteiger partial charge >= 0.3 is 0 Å². The predicted molar refractivity (Wildman–Crippen MR) is 95.1 cm³/mol. The first-order valence-electron chi connectivity index (χ1n) is 7.44. The van der Waals surface area contributed by atoms with Gasteiger partial charge in [0.05, 0.1) is 5.25 Å². The number of carbonyl (C=O) groups excluding carboxylic acids is 1. The van der Waals surface area contributed by atoms with Crippen molar-refractivity contribution in [2.24, 2.45) is 0 Å². The maximum atomic E-state index is 13.2. The summed E-state index contributed by atoms with van der Waals surface area (Å²) in [7, 11) is 0. The fourth-order valence-electron chi connectivity index (χ4n) is 2.02. The van der Waals surface area contributed by atoms with E-state index in [1.54, 1.807) is 31.2 Å². The molecule has 26 heavy (non-hydrogen) atoms. The highest BCUT2D eigenvalue weighted by Gasteiger charge is 2.19. The molecule has 9 heteroatoms. The van der Waals surface area contributed by atoms with Crippen molar-refractivity contribution in [1.82, 2.24) is 10.2 Å². The second kappa shape index (κ2) is 7.84. The monoisotopic (exact) mass is 395 g/mol. The molecular formula is C17H12ClF2N3O2S. The van der Waals surface area contributed by atoms with E-state index in [4.69, 9.17) is 16.0 Å². The van der Waals surface area contributed by atoms with E-state index in [0.717, 1.165) is 23.9 Å². The fraction of sp³-hybridized carbons (Fsp3) is 0.118. The van der Waals surface area contributed by atoms with Crippen molar-refractivity contribution >= 4 is 35.0 Å². The molecule has 0 bridgehead atoms. The third-order valence-corrected chi connectivity index (χ3v) is 4.48. The highest BCUT2D eigenvalue weighted by atomic mass is 35.5. The average Bonchev–Trinajstić information content (AvgIpc) is 3.06. The van der Waals surface area contributed by atoms with E-state index in [1.165, 1.54) is 6.07 Å².